The number of benzene rings is 2. The van der Waals surface area contributed by atoms with Crippen LogP contribution in [-0.2, 0) is 16.0 Å². The van der Waals surface area contributed by atoms with E-state index in [1.807, 2.05) is 0 Å². The zero-order chi connectivity index (χ0) is 16.1. The van der Waals surface area contributed by atoms with Crippen LogP contribution in [-0.4, -0.2) is 18.0 Å². The van der Waals surface area contributed by atoms with Crippen LogP contribution >= 0.6 is 11.8 Å². The molecule has 0 aliphatic rings. The van der Waals surface area contributed by atoms with Crippen LogP contribution in [0, 0.1) is 15.9 Å². The molecule has 7 heteroatoms. The van der Waals surface area contributed by atoms with Gasteiger partial charge in [0.25, 0.3) is 5.69 Å². The van der Waals surface area contributed by atoms with Crippen molar-refractivity contribution in [2.75, 3.05) is 7.11 Å². The van der Waals surface area contributed by atoms with Crippen LogP contribution < -0.4 is 0 Å². The third-order valence-corrected chi connectivity index (χ3v) is 4.06. The molecule has 0 heterocycles. The molecule has 0 aromatic heterocycles. The largest absolute Gasteiger partial charge is 0.469 e. The lowest BCUT2D eigenvalue weighted by molar-refractivity contribution is -0.387. The van der Waals surface area contributed by atoms with E-state index >= 15 is 0 Å². The molecule has 0 bridgehead atoms. The number of esters is 1. The Labute approximate surface area is 130 Å². The number of carbonyl (C=O) groups excluding carboxylic acids is 1. The van der Waals surface area contributed by atoms with Gasteiger partial charge in [0, 0.05) is 16.5 Å². The molecule has 2 rings (SSSR count). The second kappa shape index (κ2) is 7.04. The Kier molecular flexibility index (Phi) is 5.11. The van der Waals surface area contributed by atoms with Crippen LogP contribution in [0.15, 0.2) is 52.3 Å². The minimum absolute atomic E-state index is 0.0325. The fourth-order valence-corrected chi connectivity index (χ4v) is 2.91. The molecule has 0 spiro atoms. The van der Waals surface area contributed by atoms with Gasteiger partial charge in [-0.15, -0.1) is 0 Å². The topological polar surface area (TPSA) is 69.4 Å². The summed E-state index contributed by atoms with van der Waals surface area (Å²) in [7, 11) is 1.18. The van der Waals surface area contributed by atoms with Gasteiger partial charge in [-0.3, -0.25) is 14.9 Å². The van der Waals surface area contributed by atoms with Crippen molar-refractivity contribution in [3.05, 3.63) is 64.0 Å². The van der Waals surface area contributed by atoms with Crippen molar-refractivity contribution in [1.82, 2.24) is 0 Å². The first-order valence-corrected chi connectivity index (χ1v) is 7.10. The summed E-state index contributed by atoms with van der Waals surface area (Å²) in [6.45, 7) is 0. The van der Waals surface area contributed by atoms with Gasteiger partial charge in [-0.1, -0.05) is 30.0 Å². The highest BCUT2D eigenvalue weighted by atomic mass is 32.2. The van der Waals surface area contributed by atoms with Gasteiger partial charge < -0.3 is 4.74 Å². The van der Waals surface area contributed by atoms with Crippen molar-refractivity contribution in [2.45, 2.75) is 16.2 Å². The Balaban J connectivity index is 2.53. The number of carbonyl (C=O) groups is 1. The standard InChI is InChI=1S/C15H12FNO4S/c1-21-14(18)9-11-12(16)7-8-13(17(19)20)15(11)22-10-5-3-2-4-6-10/h2-8H,9H2,1H3. The van der Waals surface area contributed by atoms with Crippen LogP contribution in [0.2, 0.25) is 0 Å². The molecular weight excluding hydrogens is 309 g/mol. The average Bonchev–Trinajstić information content (AvgIpc) is 2.51. The lowest BCUT2D eigenvalue weighted by atomic mass is 10.1. The van der Waals surface area contributed by atoms with E-state index in [-0.39, 0.29) is 22.6 Å². The Morgan fingerprint density at radius 2 is 1.95 bits per heavy atom. The summed E-state index contributed by atoms with van der Waals surface area (Å²) in [6.07, 6.45) is -0.362. The van der Waals surface area contributed by atoms with E-state index in [9.17, 15) is 19.3 Å². The summed E-state index contributed by atoms with van der Waals surface area (Å²) in [5, 5.41) is 11.2. The molecule has 0 fully saturated rings. The van der Waals surface area contributed by atoms with Crippen LogP contribution in [0.4, 0.5) is 10.1 Å². The predicted octanol–water partition coefficient (Wildman–Crippen LogP) is 3.60. The molecule has 2 aromatic carbocycles. The third-order valence-electron chi connectivity index (χ3n) is 2.89. The molecule has 22 heavy (non-hydrogen) atoms. The molecular formula is C15H12FNO4S. The molecule has 0 amide bonds. The highest BCUT2D eigenvalue weighted by Crippen LogP contribution is 2.38. The normalized spacial score (nSPS) is 10.3. The number of methoxy groups -OCH3 is 1. The van der Waals surface area contributed by atoms with Gasteiger partial charge in [-0.2, -0.15) is 0 Å². The summed E-state index contributed by atoms with van der Waals surface area (Å²) in [5.41, 5.74) is -0.274. The van der Waals surface area contributed by atoms with Crippen molar-refractivity contribution in [1.29, 1.82) is 0 Å². The quantitative estimate of drug-likeness (QED) is 0.478. The van der Waals surface area contributed by atoms with Gasteiger partial charge in [0.05, 0.1) is 23.3 Å². The summed E-state index contributed by atoms with van der Waals surface area (Å²) in [6, 6.07) is 10.9. The van der Waals surface area contributed by atoms with Crippen molar-refractivity contribution < 1.29 is 18.8 Å². The van der Waals surface area contributed by atoms with Crippen molar-refractivity contribution in [2.24, 2.45) is 0 Å². The first kappa shape index (κ1) is 16.0. The number of nitro groups is 1. The van der Waals surface area contributed by atoms with Crippen LogP contribution in [0.1, 0.15) is 5.56 Å². The Morgan fingerprint density at radius 1 is 1.27 bits per heavy atom. The number of nitro benzene ring substituents is 1. The van der Waals surface area contributed by atoms with Gasteiger partial charge >= 0.3 is 5.97 Å². The summed E-state index contributed by atoms with van der Waals surface area (Å²) in [5.74, 6) is -1.33. The Hall–Kier alpha value is -2.41. The lowest BCUT2D eigenvalue weighted by Crippen LogP contribution is -2.08. The molecule has 114 valence electrons. The second-order valence-electron chi connectivity index (χ2n) is 4.30. The number of halogens is 1. The van der Waals surface area contributed by atoms with Gasteiger partial charge in [0.2, 0.25) is 0 Å². The van der Waals surface area contributed by atoms with Crippen LogP contribution in [0.25, 0.3) is 0 Å². The second-order valence-corrected chi connectivity index (χ2v) is 5.38. The number of rotatable bonds is 5. The summed E-state index contributed by atoms with van der Waals surface area (Å²) in [4.78, 5) is 22.9. The molecule has 0 aliphatic heterocycles. The fourth-order valence-electron chi connectivity index (χ4n) is 1.84. The van der Waals surface area contributed by atoms with Gasteiger partial charge in [0.1, 0.15) is 5.82 Å². The highest BCUT2D eigenvalue weighted by Gasteiger charge is 2.24. The maximum absolute atomic E-state index is 14.0. The smallest absolute Gasteiger partial charge is 0.310 e. The van der Waals surface area contributed by atoms with Crippen molar-refractivity contribution in [3.8, 4) is 0 Å². The van der Waals surface area contributed by atoms with Crippen LogP contribution in [0.5, 0.6) is 0 Å². The molecule has 5 nitrogen and oxygen atoms in total. The van der Waals surface area contributed by atoms with Crippen molar-refractivity contribution >= 4 is 23.4 Å². The monoisotopic (exact) mass is 321 g/mol. The first-order valence-electron chi connectivity index (χ1n) is 6.28. The Bertz CT molecular complexity index is 706. The molecule has 0 saturated carbocycles. The summed E-state index contributed by atoms with van der Waals surface area (Å²) >= 11 is 1.05. The zero-order valence-corrected chi connectivity index (χ0v) is 12.4. The van der Waals surface area contributed by atoms with Crippen LogP contribution in [0.3, 0.4) is 0 Å². The SMILES string of the molecule is COC(=O)Cc1c(F)ccc([N+](=O)[O-])c1Sc1ccccc1. The molecule has 0 aliphatic carbocycles. The maximum Gasteiger partial charge on any atom is 0.310 e. The van der Waals surface area contributed by atoms with E-state index in [1.165, 1.54) is 7.11 Å². The molecule has 0 atom stereocenters. The maximum atomic E-state index is 14.0. The van der Waals surface area contributed by atoms with Gasteiger partial charge in [-0.05, 0) is 18.2 Å². The number of hydrogen-bond acceptors (Lipinski definition) is 5. The van der Waals surface area contributed by atoms with Gasteiger partial charge in [-0.25, -0.2) is 4.39 Å². The lowest BCUT2D eigenvalue weighted by Gasteiger charge is -2.10. The van der Waals surface area contributed by atoms with E-state index in [1.54, 1.807) is 30.3 Å². The Morgan fingerprint density at radius 3 is 2.55 bits per heavy atom. The van der Waals surface area contributed by atoms with Crippen molar-refractivity contribution in [3.63, 3.8) is 0 Å². The number of nitrogens with zero attached hydrogens (tertiary/aromatic N) is 1. The van der Waals surface area contributed by atoms with E-state index in [4.69, 9.17) is 0 Å². The van der Waals surface area contributed by atoms with E-state index in [0.29, 0.717) is 4.90 Å². The molecule has 0 unspecified atom stereocenters. The summed E-state index contributed by atoms with van der Waals surface area (Å²) < 4.78 is 18.6. The molecule has 0 radical (unpaired) electrons. The van der Waals surface area contributed by atoms with Gasteiger partial charge in [0.15, 0.2) is 0 Å². The zero-order valence-electron chi connectivity index (χ0n) is 11.6. The molecule has 0 N–H and O–H groups in total. The predicted molar refractivity (Wildman–Crippen MR) is 79.3 cm³/mol. The van der Waals surface area contributed by atoms with E-state index in [0.717, 1.165) is 23.9 Å². The highest BCUT2D eigenvalue weighted by molar-refractivity contribution is 7.99. The minimum atomic E-state index is -0.672. The first-order chi connectivity index (χ1) is 10.5. The third kappa shape index (κ3) is 3.62. The molecule has 0 saturated heterocycles. The fraction of sp³-hybridized carbons (Fsp3) is 0.133. The minimum Gasteiger partial charge on any atom is -0.469 e. The number of hydrogen-bond donors (Lipinski definition) is 0. The van der Waals surface area contributed by atoms with E-state index in [2.05, 4.69) is 4.74 Å². The average molecular weight is 321 g/mol. The molecule has 2 aromatic rings. The van der Waals surface area contributed by atoms with E-state index < -0.39 is 16.7 Å². The number of ether oxygens (including phenoxy) is 1.